The van der Waals surface area contributed by atoms with Crippen molar-refractivity contribution < 1.29 is 9.59 Å². The van der Waals surface area contributed by atoms with E-state index in [0.29, 0.717) is 11.1 Å². The van der Waals surface area contributed by atoms with E-state index in [1.807, 2.05) is 0 Å². The zero-order chi connectivity index (χ0) is 9.14. The second kappa shape index (κ2) is 5.51. The van der Waals surface area contributed by atoms with Crippen molar-refractivity contribution in [2.24, 2.45) is 11.5 Å². The number of rotatable bonds is 2. The van der Waals surface area contributed by atoms with E-state index in [-0.39, 0.29) is 51.4 Å². The van der Waals surface area contributed by atoms with Crippen molar-refractivity contribution in [3.63, 3.8) is 0 Å². The van der Waals surface area contributed by atoms with Crippen LogP contribution >= 0.6 is 0 Å². The number of benzene rings is 1. The summed E-state index contributed by atoms with van der Waals surface area (Å²) in [5.74, 6) is -1.04. The van der Waals surface area contributed by atoms with E-state index >= 15 is 0 Å². The molecule has 0 saturated carbocycles. The van der Waals surface area contributed by atoms with Crippen LogP contribution in [0.1, 0.15) is 20.7 Å². The number of primary amides is 2. The van der Waals surface area contributed by atoms with Gasteiger partial charge in [0.1, 0.15) is 0 Å². The first-order valence-electron chi connectivity index (χ1n) is 3.31. The van der Waals surface area contributed by atoms with Gasteiger partial charge in [0, 0.05) is 11.1 Å². The number of amides is 2. The summed E-state index contributed by atoms with van der Waals surface area (Å²) < 4.78 is 0. The molecule has 0 aliphatic rings. The molecule has 0 spiro atoms. The van der Waals surface area contributed by atoms with E-state index < -0.39 is 11.8 Å². The predicted octanol–water partition coefficient (Wildman–Crippen LogP) is -0.764. The minimum atomic E-state index is -0.522. The fraction of sp³-hybridized carbons (Fsp3) is 0. The molecule has 64 valence electrons. The first-order chi connectivity index (χ1) is 5.61. The standard InChI is InChI=1S/C8H8N2O2.K.H/c9-7(11)5-1-2-6(4-3-5)8(10)12;;/h1-4H,(H2,9,11)(H2,10,12);;. The third-order valence-electron chi connectivity index (χ3n) is 1.45. The van der Waals surface area contributed by atoms with Crippen LogP contribution in [0.4, 0.5) is 0 Å². The van der Waals surface area contributed by atoms with Gasteiger partial charge in [-0.25, -0.2) is 0 Å². The van der Waals surface area contributed by atoms with Crippen molar-refractivity contribution >= 4 is 63.2 Å². The van der Waals surface area contributed by atoms with Crippen molar-refractivity contribution in [2.75, 3.05) is 0 Å². The molecular formula is C8H9KN2O2. The maximum atomic E-state index is 10.6. The number of hydrogen-bond donors (Lipinski definition) is 2. The van der Waals surface area contributed by atoms with Gasteiger partial charge in [-0.1, -0.05) is 0 Å². The SMILES string of the molecule is NC(=O)c1ccc(C(N)=O)cc1.[KH]. The van der Waals surface area contributed by atoms with Gasteiger partial charge in [0.25, 0.3) is 0 Å². The first kappa shape index (κ1) is 12.8. The van der Waals surface area contributed by atoms with Gasteiger partial charge >= 0.3 is 51.4 Å². The monoisotopic (exact) mass is 204 g/mol. The Kier molecular flexibility index (Phi) is 5.42. The van der Waals surface area contributed by atoms with Crippen LogP contribution in [0.15, 0.2) is 24.3 Å². The molecule has 1 rings (SSSR count). The molecule has 0 aliphatic heterocycles. The van der Waals surface area contributed by atoms with Crippen molar-refractivity contribution in [2.45, 2.75) is 0 Å². The Morgan fingerprint density at radius 1 is 0.846 bits per heavy atom. The minimum absolute atomic E-state index is 0. The van der Waals surface area contributed by atoms with Crippen LogP contribution in [-0.4, -0.2) is 63.2 Å². The Balaban J connectivity index is 0.00000144. The van der Waals surface area contributed by atoms with Crippen LogP contribution in [0.2, 0.25) is 0 Å². The van der Waals surface area contributed by atoms with E-state index in [1.54, 1.807) is 0 Å². The van der Waals surface area contributed by atoms with Crippen LogP contribution in [0.3, 0.4) is 0 Å². The van der Waals surface area contributed by atoms with Crippen LogP contribution in [0.5, 0.6) is 0 Å². The van der Waals surface area contributed by atoms with Gasteiger partial charge in [0.2, 0.25) is 11.8 Å². The summed E-state index contributed by atoms with van der Waals surface area (Å²) in [4.78, 5) is 21.2. The molecule has 0 fully saturated rings. The summed E-state index contributed by atoms with van der Waals surface area (Å²) >= 11 is 0. The van der Waals surface area contributed by atoms with Gasteiger partial charge in [0.15, 0.2) is 0 Å². The van der Waals surface area contributed by atoms with Gasteiger partial charge in [-0.15, -0.1) is 0 Å². The van der Waals surface area contributed by atoms with E-state index in [4.69, 9.17) is 11.5 Å². The summed E-state index contributed by atoms with van der Waals surface area (Å²) in [7, 11) is 0. The molecule has 1 aromatic rings. The molecule has 4 nitrogen and oxygen atoms in total. The summed E-state index contributed by atoms with van der Waals surface area (Å²) in [6, 6.07) is 5.84. The molecule has 0 saturated heterocycles. The summed E-state index contributed by atoms with van der Waals surface area (Å²) in [6.45, 7) is 0. The van der Waals surface area contributed by atoms with E-state index in [1.165, 1.54) is 24.3 Å². The Labute approximate surface area is 118 Å². The maximum absolute atomic E-state index is 10.6. The molecule has 1 aromatic carbocycles. The van der Waals surface area contributed by atoms with Crippen molar-refractivity contribution in [3.05, 3.63) is 35.4 Å². The summed E-state index contributed by atoms with van der Waals surface area (Å²) in [6.07, 6.45) is 0. The average Bonchev–Trinajstić information content (AvgIpc) is 2.04. The van der Waals surface area contributed by atoms with E-state index in [0.717, 1.165) is 0 Å². The van der Waals surface area contributed by atoms with Crippen molar-refractivity contribution in [1.29, 1.82) is 0 Å². The molecule has 13 heavy (non-hydrogen) atoms. The van der Waals surface area contributed by atoms with Crippen LogP contribution < -0.4 is 11.5 Å². The topological polar surface area (TPSA) is 86.2 Å². The Hall–Kier alpha value is -0.204. The normalized spacial score (nSPS) is 8.62. The molecule has 0 heterocycles. The second-order valence-corrected chi connectivity index (χ2v) is 2.31. The quantitative estimate of drug-likeness (QED) is 0.620. The van der Waals surface area contributed by atoms with Gasteiger partial charge in [-0.2, -0.15) is 0 Å². The fourth-order valence-corrected chi connectivity index (χ4v) is 0.799. The van der Waals surface area contributed by atoms with E-state index in [9.17, 15) is 9.59 Å². The molecule has 2 amide bonds. The van der Waals surface area contributed by atoms with Gasteiger partial charge in [-0.05, 0) is 24.3 Å². The first-order valence-corrected chi connectivity index (χ1v) is 3.31. The average molecular weight is 204 g/mol. The van der Waals surface area contributed by atoms with Crippen LogP contribution in [0.25, 0.3) is 0 Å². The molecule has 0 atom stereocenters. The molecule has 5 heteroatoms. The number of carbonyl (C=O) groups excluding carboxylic acids is 2. The molecule has 0 aliphatic carbocycles. The van der Waals surface area contributed by atoms with Gasteiger partial charge in [-0.3, -0.25) is 9.59 Å². The third kappa shape index (κ3) is 3.57. The number of nitrogens with two attached hydrogens (primary N) is 2. The number of hydrogen-bond acceptors (Lipinski definition) is 2. The third-order valence-corrected chi connectivity index (χ3v) is 1.45. The molecular weight excluding hydrogens is 195 g/mol. The molecule has 0 aromatic heterocycles. The Bertz CT molecular complexity index is 288. The van der Waals surface area contributed by atoms with E-state index in [2.05, 4.69) is 0 Å². The van der Waals surface area contributed by atoms with Crippen molar-refractivity contribution in [1.82, 2.24) is 0 Å². The number of carbonyl (C=O) groups is 2. The van der Waals surface area contributed by atoms with Crippen LogP contribution in [0, 0.1) is 0 Å². The zero-order valence-electron chi connectivity index (χ0n) is 6.28. The second-order valence-electron chi connectivity index (χ2n) is 2.31. The Morgan fingerprint density at radius 2 is 1.08 bits per heavy atom. The molecule has 0 unspecified atom stereocenters. The predicted molar refractivity (Wildman–Crippen MR) is 50.6 cm³/mol. The zero-order valence-corrected chi connectivity index (χ0v) is 6.28. The van der Waals surface area contributed by atoms with Crippen LogP contribution in [-0.2, 0) is 0 Å². The Morgan fingerprint density at radius 3 is 1.23 bits per heavy atom. The summed E-state index contributed by atoms with van der Waals surface area (Å²) in [5.41, 5.74) is 10.7. The fourth-order valence-electron chi connectivity index (χ4n) is 0.799. The van der Waals surface area contributed by atoms with Gasteiger partial charge < -0.3 is 11.5 Å². The summed E-state index contributed by atoms with van der Waals surface area (Å²) in [5, 5.41) is 0. The van der Waals surface area contributed by atoms with Gasteiger partial charge in [0.05, 0.1) is 0 Å². The molecule has 0 bridgehead atoms. The molecule has 0 radical (unpaired) electrons. The van der Waals surface area contributed by atoms with Crippen molar-refractivity contribution in [3.8, 4) is 0 Å². The molecule has 4 N–H and O–H groups in total.